The summed E-state index contributed by atoms with van der Waals surface area (Å²) in [5.41, 5.74) is 0.947. The normalized spacial score (nSPS) is 10.3. The summed E-state index contributed by atoms with van der Waals surface area (Å²) in [6.45, 7) is 1.19. The minimum atomic E-state index is 0.341. The van der Waals surface area contributed by atoms with Gasteiger partial charge < -0.3 is 9.47 Å². The summed E-state index contributed by atoms with van der Waals surface area (Å²) in [6.07, 6.45) is 0. The Balaban J connectivity index is 2.32. The largest absolute Gasteiger partial charge is 0.497 e. The van der Waals surface area contributed by atoms with E-state index in [1.54, 1.807) is 14.2 Å². The second-order valence-electron chi connectivity index (χ2n) is 4.13. The zero-order valence-electron chi connectivity index (χ0n) is 11.9. The average molecular weight is 304 g/mol. The highest BCUT2D eigenvalue weighted by atomic mass is 32.2. The lowest BCUT2D eigenvalue weighted by molar-refractivity contribution is 0.185. The van der Waals surface area contributed by atoms with Gasteiger partial charge in [-0.15, -0.1) is 10.2 Å². The molecule has 0 aliphatic rings. The number of methoxy groups -OCH3 is 2. The summed E-state index contributed by atoms with van der Waals surface area (Å²) >= 11 is 1.37. The van der Waals surface area contributed by atoms with Gasteiger partial charge in [-0.2, -0.15) is 5.26 Å². The smallest absolute Gasteiger partial charge is 0.192 e. The van der Waals surface area contributed by atoms with Crippen molar-refractivity contribution >= 4 is 11.8 Å². The Labute approximate surface area is 127 Å². The predicted molar refractivity (Wildman–Crippen MR) is 80.2 cm³/mol. The predicted octanol–water partition coefficient (Wildman–Crippen LogP) is 2.22. The van der Waals surface area contributed by atoms with Crippen LogP contribution in [0.15, 0.2) is 29.4 Å². The summed E-state index contributed by atoms with van der Waals surface area (Å²) in [6, 6.07) is 9.73. The molecule has 21 heavy (non-hydrogen) atoms. The molecule has 0 bridgehead atoms. The van der Waals surface area contributed by atoms with Gasteiger partial charge in [-0.25, -0.2) is 0 Å². The third-order valence-corrected chi connectivity index (χ3v) is 3.68. The van der Waals surface area contributed by atoms with E-state index >= 15 is 0 Å². The van der Waals surface area contributed by atoms with Crippen LogP contribution in [0.1, 0.15) is 0 Å². The van der Waals surface area contributed by atoms with Gasteiger partial charge in [0.2, 0.25) is 0 Å². The number of hydrogen-bond acceptors (Lipinski definition) is 6. The molecule has 0 radical (unpaired) electrons. The number of hydrogen-bond donors (Lipinski definition) is 0. The van der Waals surface area contributed by atoms with Crippen molar-refractivity contribution < 1.29 is 9.47 Å². The van der Waals surface area contributed by atoms with Crippen LogP contribution in [0, 0.1) is 11.3 Å². The quantitative estimate of drug-likeness (QED) is 0.730. The van der Waals surface area contributed by atoms with Crippen LogP contribution >= 0.6 is 11.8 Å². The van der Waals surface area contributed by atoms with Gasteiger partial charge in [0.25, 0.3) is 0 Å². The monoisotopic (exact) mass is 304 g/mol. The van der Waals surface area contributed by atoms with E-state index in [1.807, 2.05) is 28.8 Å². The first-order valence-corrected chi connectivity index (χ1v) is 7.35. The molecule has 110 valence electrons. The van der Waals surface area contributed by atoms with Crippen molar-refractivity contribution in [3.05, 3.63) is 24.3 Å². The Morgan fingerprint density at radius 3 is 2.62 bits per heavy atom. The van der Waals surface area contributed by atoms with E-state index in [9.17, 15) is 0 Å². The highest BCUT2D eigenvalue weighted by Crippen LogP contribution is 2.25. The lowest BCUT2D eigenvalue weighted by atomic mass is 10.2. The van der Waals surface area contributed by atoms with E-state index in [-0.39, 0.29) is 0 Å². The fourth-order valence-corrected chi connectivity index (χ4v) is 2.46. The van der Waals surface area contributed by atoms with Crippen LogP contribution in [-0.2, 0) is 11.3 Å². The third-order valence-electron chi connectivity index (χ3n) is 2.85. The van der Waals surface area contributed by atoms with Crippen LogP contribution in [-0.4, -0.2) is 41.3 Å². The van der Waals surface area contributed by atoms with Crippen molar-refractivity contribution in [3.63, 3.8) is 0 Å². The van der Waals surface area contributed by atoms with Crippen molar-refractivity contribution in [2.75, 3.05) is 26.6 Å². The van der Waals surface area contributed by atoms with Crippen LogP contribution in [0.5, 0.6) is 5.75 Å². The molecule has 0 fully saturated rings. The molecule has 0 spiro atoms. The van der Waals surface area contributed by atoms with Gasteiger partial charge in [-0.1, -0.05) is 11.8 Å². The Morgan fingerprint density at radius 2 is 2.00 bits per heavy atom. The van der Waals surface area contributed by atoms with Crippen molar-refractivity contribution in [1.82, 2.24) is 14.8 Å². The van der Waals surface area contributed by atoms with E-state index in [0.29, 0.717) is 18.9 Å². The molecule has 0 amide bonds. The van der Waals surface area contributed by atoms with Gasteiger partial charge in [-0.05, 0) is 24.3 Å². The fraction of sp³-hybridized carbons (Fsp3) is 0.357. The highest BCUT2D eigenvalue weighted by molar-refractivity contribution is 7.99. The summed E-state index contributed by atoms with van der Waals surface area (Å²) < 4.78 is 12.3. The second kappa shape index (κ2) is 7.67. The maximum absolute atomic E-state index is 8.71. The molecule has 0 saturated heterocycles. The first kappa shape index (κ1) is 15.4. The molecule has 0 N–H and O–H groups in total. The molecule has 6 nitrogen and oxygen atoms in total. The number of nitrogens with zero attached hydrogens (tertiary/aromatic N) is 4. The minimum absolute atomic E-state index is 0.341. The molecular formula is C14H16N4O2S. The number of thioether (sulfide) groups is 1. The number of aromatic nitrogens is 3. The molecule has 0 unspecified atom stereocenters. The standard InChI is InChI=1S/C14H16N4O2S/c1-19-9-8-18-13(16-17-14(18)21-10-7-15)11-3-5-12(20-2)6-4-11/h3-6H,8-10H2,1-2H3. The van der Waals surface area contributed by atoms with Crippen LogP contribution < -0.4 is 4.74 Å². The van der Waals surface area contributed by atoms with Crippen molar-refractivity contribution in [2.24, 2.45) is 0 Å². The Kier molecular flexibility index (Phi) is 5.60. The molecule has 0 saturated carbocycles. The molecule has 0 aliphatic heterocycles. The van der Waals surface area contributed by atoms with Gasteiger partial charge >= 0.3 is 0 Å². The van der Waals surface area contributed by atoms with Crippen molar-refractivity contribution in [3.8, 4) is 23.2 Å². The lowest BCUT2D eigenvalue weighted by Gasteiger charge is -2.09. The number of nitriles is 1. The SMILES string of the molecule is COCCn1c(SCC#N)nnc1-c1ccc(OC)cc1. The number of ether oxygens (including phenoxy) is 2. The maximum Gasteiger partial charge on any atom is 0.192 e. The van der Waals surface area contributed by atoms with E-state index in [2.05, 4.69) is 16.3 Å². The third kappa shape index (κ3) is 3.74. The first-order valence-electron chi connectivity index (χ1n) is 6.36. The lowest BCUT2D eigenvalue weighted by Crippen LogP contribution is -2.07. The van der Waals surface area contributed by atoms with Gasteiger partial charge in [0.15, 0.2) is 11.0 Å². The van der Waals surface area contributed by atoms with E-state index in [4.69, 9.17) is 14.7 Å². The second-order valence-corrected chi connectivity index (χ2v) is 5.07. The highest BCUT2D eigenvalue weighted by Gasteiger charge is 2.14. The van der Waals surface area contributed by atoms with Gasteiger partial charge in [0.1, 0.15) is 5.75 Å². The Morgan fingerprint density at radius 1 is 1.24 bits per heavy atom. The summed E-state index contributed by atoms with van der Waals surface area (Å²) in [4.78, 5) is 0. The molecule has 1 heterocycles. The zero-order valence-corrected chi connectivity index (χ0v) is 12.8. The van der Waals surface area contributed by atoms with Crippen LogP contribution in [0.4, 0.5) is 0 Å². The number of rotatable bonds is 7. The van der Waals surface area contributed by atoms with E-state index in [1.165, 1.54) is 11.8 Å². The summed E-state index contributed by atoms with van der Waals surface area (Å²) in [7, 11) is 3.28. The topological polar surface area (TPSA) is 73.0 Å². The van der Waals surface area contributed by atoms with Crippen LogP contribution in [0.25, 0.3) is 11.4 Å². The molecule has 2 rings (SSSR count). The maximum atomic E-state index is 8.71. The molecular weight excluding hydrogens is 288 g/mol. The molecule has 2 aromatic rings. The average Bonchev–Trinajstić information content (AvgIpc) is 2.93. The van der Waals surface area contributed by atoms with Crippen molar-refractivity contribution in [1.29, 1.82) is 5.26 Å². The zero-order chi connectivity index (χ0) is 15.1. The Bertz CT molecular complexity index is 619. The van der Waals surface area contributed by atoms with Gasteiger partial charge in [-0.3, -0.25) is 4.57 Å². The van der Waals surface area contributed by atoms with Crippen LogP contribution in [0.2, 0.25) is 0 Å². The summed E-state index contributed by atoms with van der Waals surface area (Å²) in [5, 5.41) is 17.8. The first-order chi connectivity index (χ1) is 10.3. The van der Waals surface area contributed by atoms with E-state index < -0.39 is 0 Å². The van der Waals surface area contributed by atoms with Crippen LogP contribution in [0.3, 0.4) is 0 Å². The van der Waals surface area contributed by atoms with Gasteiger partial charge in [0, 0.05) is 12.7 Å². The molecule has 1 aromatic heterocycles. The Hall–Kier alpha value is -2.04. The van der Waals surface area contributed by atoms with Crippen molar-refractivity contribution in [2.45, 2.75) is 11.7 Å². The molecule has 7 heteroatoms. The summed E-state index contributed by atoms with van der Waals surface area (Å²) in [5.74, 6) is 1.89. The number of benzene rings is 1. The minimum Gasteiger partial charge on any atom is -0.497 e. The fourth-order valence-electron chi connectivity index (χ4n) is 1.83. The molecule has 1 aromatic carbocycles. The van der Waals surface area contributed by atoms with Gasteiger partial charge in [0.05, 0.1) is 32.1 Å². The molecule has 0 atom stereocenters. The molecule has 0 aliphatic carbocycles. The van der Waals surface area contributed by atoms with E-state index in [0.717, 1.165) is 22.3 Å².